The third-order valence-electron chi connectivity index (χ3n) is 3.46. The maximum atomic E-state index is 12.9. The van der Waals surface area contributed by atoms with E-state index < -0.39 is 8.07 Å². The molecule has 1 aromatic carbocycles. The maximum absolute atomic E-state index is 12.9. The molecule has 0 saturated heterocycles. The third kappa shape index (κ3) is 3.10. The van der Waals surface area contributed by atoms with Crippen molar-refractivity contribution in [3.8, 4) is 0 Å². The molecule has 18 heavy (non-hydrogen) atoms. The molecule has 0 saturated carbocycles. The number of aliphatic imine (C=N–C) groups is 1. The Labute approximate surface area is 108 Å². The van der Waals surface area contributed by atoms with E-state index in [9.17, 15) is 4.39 Å². The molecule has 3 nitrogen and oxygen atoms in total. The molecule has 98 valence electrons. The van der Waals surface area contributed by atoms with Gasteiger partial charge in [-0.3, -0.25) is 0 Å². The highest BCUT2D eigenvalue weighted by atomic mass is 28.3. The number of ether oxygens (including phenoxy) is 1. The Morgan fingerprint density at radius 3 is 2.61 bits per heavy atom. The number of nitrogens with two attached hydrogens (primary N) is 1. The Bertz CT molecular complexity index is 445. The molecular formula is C13H19FN2OSi. The second kappa shape index (κ2) is 5.10. The van der Waals surface area contributed by atoms with Gasteiger partial charge in [-0.05, 0) is 18.6 Å². The van der Waals surface area contributed by atoms with E-state index in [1.165, 1.54) is 5.19 Å². The van der Waals surface area contributed by atoms with Gasteiger partial charge in [-0.2, -0.15) is 0 Å². The van der Waals surface area contributed by atoms with Gasteiger partial charge in [-0.1, -0.05) is 36.5 Å². The molecule has 1 aliphatic heterocycles. The van der Waals surface area contributed by atoms with Gasteiger partial charge < -0.3 is 10.5 Å². The molecule has 0 unspecified atom stereocenters. The lowest BCUT2D eigenvalue weighted by atomic mass is 10.3. The van der Waals surface area contributed by atoms with Crippen molar-refractivity contribution in [3.63, 3.8) is 0 Å². The normalized spacial score (nSPS) is 19.5. The quantitative estimate of drug-likeness (QED) is 0.845. The smallest absolute Gasteiger partial charge is 0.282 e. The number of hydrogen-bond donors (Lipinski definition) is 1. The molecule has 0 spiro atoms. The molecule has 0 amide bonds. The first kappa shape index (κ1) is 13.1. The number of nitrogens with zero attached hydrogens (tertiary/aromatic N) is 1. The van der Waals surface area contributed by atoms with Crippen molar-refractivity contribution >= 4 is 19.3 Å². The second-order valence-electron chi connectivity index (χ2n) is 5.36. The van der Waals surface area contributed by atoms with Crippen LogP contribution in [0.2, 0.25) is 19.1 Å². The first-order valence-electron chi connectivity index (χ1n) is 6.19. The third-order valence-corrected chi connectivity index (χ3v) is 6.90. The largest absolute Gasteiger partial charge is 0.463 e. The summed E-state index contributed by atoms with van der Waals surface area (Å²) < 4.78 is 18.1. The van der Waals surface area contributed by atoms with Crippen molar-refractivity contribution < 1.29 is 9.13 Å². The average Bonchev–Trinajstić information content (AvgIpc) is 2.73. The van der Waals surface area contributed by atoms with Gasteiger partial charge in [0.15, 0.2) is 0 Å². The molecule has 0 aromatic heterocycles. The first-order chi connectivity index (χ1) is 8.47. The maximum Gasteiger partial charge on any atom is 0.282 e. The molecule has 2 rings (SSSR count). The van der Waals surface area contributed by atoms with Crippen molar-refractivity contribution in [1.29, 1.82) is 0 Å². The lowest BCUT2D eigenvalue weighted by molar-refractivity contribution is 0.310. The van der Waals surface area contributed by atoms with E-state index in [1.54, 1.807) is 12.1 Å². The van der Waals surface area contributed by atoms with Crippen LogP contribution in [0.15, 0.2) is 29.3 Å². The van der Waals surface area contributed by atoms with Crippen molar-refractivity contribution in [2.45, 2.75) is 31.6 Å². The minimum atomic E-state index is -1.52. The summed E-state index contributed by atoms with van der Waals surface area (Å²) in [5.41, 5.74) is 5.49. The van der Waals surface area contributed by atoms with Crippen LogP contribution >= 0.6 is 0 Å². The van der Waals surface area contributed by atoms with Gasteiger partial charge in [0.25, 0.3) is 6.02 Å². The van der Waals surface area contributed by atoms with Gasteiger partial charge in [0.05, 0.1) is 14.1 Å². The Kier molecular flexibility index (Phi) is 3.70. The van der Waals surface area contributed by atoms with Crippen LogP contribution in [0.4, 0.5) is 4.39 Å². The van der Waals surface area contributed by atoms with Crippen LogP contribution in [0.5, 0.6) is 0 Å². The topological polar surface area (TPSA) is 47.6 Å². The molecule has 5 heteroatoms. The average molecular weight is 266 g/mol. The van der Waals surface area contributed by atoms with Crippen LogP contribution in [0.3, 0.4) is 0 Å². The van der Waals surface area contributed by atoms with Crippen molar-refractivity contribution in [2.24, 2.45) is 10.7 Å². The number of rotatable bonds is 4. The van der Waals surface area contributed by atoms with E-state index in [0.717, 1.165) is 12.5 Å². The zero-order valence-electron chi connectivity index (χ0n) is 10.8. The molecule has 0 aliphatic carbocycles. The van der Waals surface area contributed by atoms with E-state index in [-0.39, 0.29) is 11.9 Å². The summed E-state index contributed by atoms with van der Waals surface area (Å²) in [6.07, 6.45) is 0.983. The summed E-state index contributed by atoms with van der Waals surface area (Å²) in [7, 11) is -1.52. The molecule has 0 bridgehead atoms. The number of halogens is 1. The highest BCUT2D eigenvalue weighted by Gasteiger charge is 2.26. The summed E-state index contributed by atoms with van der Waals surface area (Å²) in [5, 5.41) is 1.28. The molecule has 0 fully saturated rings. The van der Waals surface area contributed by atoms with Crippen molar-refractivity contribution in [2.75, 3.05) is 6.61 Å². The van der Waals surface area contributed by atoms with E-state index in [0.29, 0.717) is 12.6 Å². The molecule has 1 atom stereocenters. The second-order valence-corrected chi connectivity index (χ2v) is 10.2. The summed E-state index contributed by atoms with van der Waals surface area (Å²) >= 11 is 0. The molecule has 0 radical (unpaired) electrons. The Morgan fingerprint density at radius 2 is 2.06 bits per heavy atom. The predicted octanol–water partition coefficient (Wildman–Crippen LogP) is 1.84. The SMILES string of the molecule is C[Si](C)(CC[C@H]1COC(N)=N1)c1ccc(F)cc1. The monoisotopic (exact) mass is 266 g/mol. The van der Waals surface area contributed by atoms with Crippen LogP contribution < -0.4 is 10.9 Å². The fourth-order valence-electron chi connectivity index (χ4n) is 2.16. The van der Waals surface area contributed by atoms with Crippen LogP contribution in [0, 0.1) is 5.82 Å². The van der Waals surface area contributed by atoms with Crippen LogP contribution in [0.25, 0.3) is 0 Å². The first-order valence-corrected chi connectivity index (χ1v) is 9.40. The molecule has 2 N–H and O–H groups in total. The van der Waals surface area contributed by atoms with E-state index in [2.05, 4.69) is 18.1 Å². The molecule has 1 aliphatic rings. The van der Waals surface area contributed by atoms with Gasteiger partial charge >= 0.3 is 0 Å². The van der Waals surface area contributed by atoms with Crippen LogP contribution in [-0.4, -0.2) is 26.7 Å². The van der Waals surface area contributed by atoms with Crippen molar-refractivity contribution in [1.82, 2.24) is 0 Å². The Balaban J connectivity index is 1.96. The summed E-state index contributed by atoms with van der Waals surface area (Å²) in [5.74, 6) is -0.176. The van der Waals surface area contributed by atoms with Gasteiger partial charge in [-0.15, -0.1) is 0 Å². The van der Waals surface area contributed by atoms with E-state index in [1.807, 2.05) is 12.1 Å². The minimum absolute atomic E-state index is 0.176. The van der Waals surface area contributed by atoms with Crippen molar-refractivity contribution in [3.05, 3.63) is 30.1 Å². The number of hydrogen-bond acceptors (Lipinski definition) is 3. The van der Waals surface area contributed by atoms with Gasteiger partial charge in [0, 0.05) is 0 Å². The van der Waals surface area contributed by atoms with E-state index in [4.69, 9.17) is 10.5 Å². The number of benzene rings is 1. The zero-order chi connectivity index (χ0) is 13.2. The summed E-state index contributed by atoms with van der Waals surface area (Å²) in [6.45, 7) is 5.19. The van der Waals surface area contributed by atoms with Crippen LogP contribution in [0.1, 0.15) is 6.42 Å². The molecular weight excluding hydrogens is 247 g/mol. The van der Waals surface area contributed by atoms with Gasteiger partial charge in [-0.25, -0.2) is 9.38 Å². The number of amidine groups is 1. The van der Waals surface area contributed by atoms with Gasteiger partial charge in [0.2, 0.25) is 0 Å². The fourth-order valence-corrected chi connectivity index (χ4v) is 4.57. The predicted molar refractivity (Wildman–Crippen MR) is 74.3 cm³/mol. The highest BCUT2D eigenvalue weighted by Crippen LogP contribution is 2.18. The standard InChI is InChI=1S/C13H19FN2OSi/c1-18(2,12-5-3-10(14)4-6-12)8-7-11-9-17-13(15)16-11/h3-6,11H,7-9H2,1-2H3,(H2,15,16)/t11-/m0/s1. The zero-order valence-corrected chi connectivity index (χ0v) is 11.8. The molecule has 1 heterocycles. The minimum Gasteiger partial charge on any atom is -0.463 e. The summed E-state index contributed by atoms with van der Waals surface area (Å²) in [4.78, 5) is 4.23. The Hall–Kier alpha value is -1.36. The lowest BCUT2D eigenvalue weighted by Crippen LogP contribution is -2.41. The fraction of sp³-hybridized carbons (Fsp3) is 0.462. The highest BCUT2D eigenvalue weighted by molar-refractivity contribution is 6.89. The van der Waals surface area contributed by atoms with Gasteiger partial charge in [0.1, 0.15) is 12.4 Å². The van der Waals surface area contributed by atoms with Crippen LogP contribution in [-0.2, 0) is 4.74 Å². The summed E-state index contributed by atoms with van der Waals surface area (Å²) in [6, 6.07) is 8.49. The van der Waals surface area contributed by atoms with E-state index >= 15 is 0 Å². The molecule has 1 aromatic rings. The Morgan fingerprint density at radius 1 is 1.39 bits per heavy atom. The lowest BCUT2D eigenvalue weighted by Gasteiger charge is -2.23.